The van der Waals surface area contributed by atoms with Crippen LogP contribution in [0.25, 0.3) is 0 Å². The third kappa shape index (κ3) is 4.14. The molecule has 1 N–H and O–H groups in total. The van der Waals surface area contributed by atoms with E-state index in [1.54, 1.807) is 17.0 Å². The molecule has 0 radical (unpaired) electrons. The lowest BCUT2D eigenvalue weighted by atomic mass is 9.78. The van der Waals surface area contributed by atoms with E-state index in [0.717, 1.165) is 12.8 Å². The van der Waals surface area contributed by atoms with Gasteiger partial charge in [-0.05, 0) is 61.8 Å². The lowest BCUT2D eigenvalue weighted by Gasteiger charge is -2.35. The Hall–Kier alpha value is -2.15. The third-order valence-corrected chi connectivity index (χ3v) is 6.29. The molecule has 1 saturated carbocycles. The number of nitrogens with zero attached hydrogens (tertiary/aromatic N) is 2. The van der Waals surface area contributed by atoms with E-state index >= 15 is 0 Å². The van der Waals surface area contributed by atoms with E-state index < -0.39 is 6.10 Å². The van der Waals surface area contributed by atoms with Crippen LogP contribution >= 0.6 is 0 Å². The number of halogens is 1. The number of carbonyl (C=O) groups excluding carboxylic acids is 2. The first kappa shape index (κ1) is 19.2. The van der Waals surface area contributed by atoms with Gasteiger partial charge in [-0.25, -0.2) is 4.39 Å². The molecule has 1 aromatic carbocycles. The summed E-state index contributed by atoms with van der Waals surface area (Å²) in [4.78, 5) is 28.2. The minimum absolute atomic E-state index is 0.00450. The average Bonchev–Trinajstić information content (AvgIpc) is 3.08. The highest BCUT2D eigenvalue weighted by atomic mass is 19.1. The second kappa shape index (κ2) is 8.07. The van der Waals surface area contributed by atoms with E-state index in [1.807, 2.05) is 4.90 Å². The van der Waals surface area contributed by atoms with Crippen molar-refractivity contribution in [2.75, 3.05) is 26.2 Å². The van der Waals surface area contributed by atoms with E-state index in [9.17, 15) is 19.1 Å². The van der Waals surface area contributed by atoms with Crippen molar-refractivity contribution in [1.29, 1.82) is 0 Å². The molecule has 7 heteroatoms. The van der Waals surface area contributed by atoms with Gasteiger partial charge in [0.2, 0.25) is 11.8 Å². The number of hydrogen-bond donors (Lipinski definition) is 1. The summed E-state index contributed by atoms with van der Waals surface area (Å²) in [5, 5.41) is 10.5. The largest absolute Gasteiger partial charge is 0.488 e. The first-order valence-electron chi connectivity index (χ1n) is 10.2. The molecule has 0 bridgehead atoms. The summed E-state index contributed by atoms with van der Waals surface area (Å²) in [7, 11) is 0. The number of rotatable bonds is 4. The molecular weight excluding hydrogens is 363 g/mol. The van der Waals surface area contributed by atoms with Crippen molar-refractivity contribution in [2.45, 2.75) is 44.3 Å². The van der Waals surface area contributed by atoms with Crippen molar-refractivity contribution in [3.8, 4) is 5.75 Å². The topological polar surface area (TPSA) is 70.1 Å². The van der Waals surface area contributed by atoms with Gasteiger partial charge in [0, 0.05) is 26.1 Å². The smallest absolute Gasteiger partial charge is 0.242 e. The maximum absolute atomic E-state index is 13.1. The van der Waals surface area contributed by atoms with Crippen LogP contribution in [0.4, 0.5) is 4.39 Å². The van der Waals surface area contributed by atoms with Crippen molar-refractivity contribution in [2.24, 2.45) is 11.8 Å². The number of likely N-dealkylation sites (tertiary alicyclic amines) is 2. The highest BCUT2D eigenvalue weighted by molar-refractivity contribution is 5.85. The van der Waals surface area contributed by atoms with E-state index in [0.29, 0.717) is 44.6 Å². The van der Waals surface area contributed by atoms with Gasteiger partial charge in [-0.15, -0.1) is 0 Å². The van der Waals surface area contributed by atoms with Crippen LogP contribution in [0.2, 0.25) is 0 Å². The Kier molecular flexibility index (Phi) is 5.53. The number of amides is 2. The Morgan fingerprint density at radius 3 is 2.57 bits per heavy atom. The minimum atomic E-state index is -0.606. The summed E-state index contributed by atoms with van der Waals surface area (Å²) in [6.07, 6.45) is 2.69. The fraction of sp³-hybridized carbons (Fsp3) is 0.619. The number of benzene rings is 1. The van der Waals surface area contributed by atoms with Crippen molar-refractivity contribution in [3.63, 3.8) is 0 Å². The summed E-state index contributed by atoms with van der Waals surface area (Å²) >= 11 is 0. The van der Waals surface area contributed by atoms with Crippen LogP contribution in [0, 0.1) is 17.7 Å². The van der Waals surface area contributed by atoms with Gasteiger partial charge in [-0.1, -0.05) is 0 Å². The zero-order valence-corrected chi connectivity index (χ0v) is 15.9. The van der Waals surface area contributed by atoms with Gasteiger partial charge in [-0.3, -0.25) is 9.59 Å². The zero-order valence-electron chi connectivity index (χ0n) is 15.9. The van der Waals surface area contributed by atoms with Gasteiger partial charge in [0.25, 0.3) is 0 Å². The number of aliphatic hydroxyl groups is 1. The van der Waals surface area contributed by atoms with Crippen molar-refractivity contribution >= 4 is 11.8 Å². The van der Waals surface area contributed by atoms with Crippen LogP contribution in [0.15, 0.2) is 24.3 Å². The molecule has 4 rings (SSSR count). The highest BCUT2D eigenvalue weighted by Gasteiger charge is 2.44. The average molecular weight is 390 g/mol. The molecular formula is C21H27FN2O4. The fourth-order valence-electron chi connectivity index (χ4n) is 4.70. The summed E-state index contributed by atoms with van der Waals surface area (Å²) in [5.74, 6) is 0.806. The molecule has 4 atom stereocenters. The first-order valence-corrected chi connectivity index (χ1v) is 10.2. The number of piperidine rings is 1. The first-order chi connectivity index (χ1) is 13.5. The molecule has 152 valence electrons. The lowest BCUT2D eigenvalue weighted by molar-refractivity contribution is -0.141. The summed E-state index contributed by atoms with van der Waals surface area (Å²) in [6, 6.07) is 5.80. The summed E-state index contributed by atoms with van der Waals surface area (Å²) in [5.41, 5.74) is 0. The Morgan fingerprint density at radius 1 is 1.14 bits per heavy atom. The van der Waals surface area contributed by atoms with Crippen LogP contribution in [0.1, 0.15) is 32.1 Å². The number of aliphatic hydroxyl groups excluding tert-OH is 1. The van der Waals surface area contributed by atoms with Crippen LogP contribution in [0.5, 0.6) is 5.75 Å². The Labute approximate surface area is 164 Å². The lowest BCUT2D eigenvalue weighted by Crippen LogP contribution is -2.44. The van der Waals surface area contributed by atoms with Crippen LogP contribution in [-0.4, -0.2) is 65.1 Å². The van der Waals surface area contributed by atoms with Crippen molar-refractivity contribution in [3.05, 3.63) is 30.1 Å². The van der Waals surface area contributed by atoms with Crippen molar-refractivity contribution < 1.29 is 23.8 Å². The van der Waals surface area contributed by atoms with Gasteiger partial charge in [0.15, 0.2) is 0 Å². The maximum atomic E-state index is 13.1. The molecule has 3 aliphatic rings. The number of fused-ring (bicyclic) bond motifs is 1. The Bertz CT molecular complexity index is 726. The molecule has 2 heterocycles. The molecule has 1 aromatic rings. The fourth-order valence-corrected chi connectivity index (χ4v) is 4.70. The predicted octanol–water partition coefficient (Wildman–Crippen LogP) is 1.81. The predicted molar refractivity (Wildman–Crippen MR) is 100 cm³/mol. The van der Waals surface area contributed by atoms with Gasteiger partial charge in [0.1, 0.15) is 17.7 Å². The summed E-state index contributed by atoms with van der Waals surface area (Å²) in [6.45, 7) is 2.10. The molecule has 6 nitrogen and oxygen atoms in total. The molecule has 28 heavy (non-hydrogen) atoms. The number of carbonyl (C=O) groups is 2. The van der Waals surface area contributed by atoms with Gasteiger partial charge >= 0.3 is 0 Å². The van der Waals surface area contributed by atoms with Crippen molar-refractivity contribution in [1.82, 2.24) is 9.80 Å². The third-order valence-electron chi connectivity index (χ3n) is 6.29. The van der Waals surface area contributed by atoms with Crippen LogP contribution < -0.4 is 4.74 Å². The molecule has 0 spiro atoms. The van der Waals surface area contributed by atoms with E-state index in [-0.39, 0.29) is 42.1 Å². The highest BCUT2D eigenvalue weighted by Crippen LogP contribution is 2.38. The number of ether oxygens (including phenoxy) is 1. The Balaban J connectivity index is 1.33. The monoisotopic (exact) mass is 390 g/mol. The normalized spacial score (nSPS) is 30.3. The van der Waals surface area contributed by atoms with E-state index in [2.05, 4.69) is 0 Å². The van der Waals surface area contributed by atoms with Gasteiger partial charge in [0.05, 0.1) is 12.6 Å². The number of hydrogen-bond acceptors (Lipinski definition) is 4. The Morgan fingerprint density at radius 2 is 1.86 bits per heavy atom. The molecule has 3 fully saturated rings. The van der Waals surface area contributed by atoms with Crippen LogP contribution in [0.3, 0.4) is 0 Å². The van der Waals surface area contributed by atoms with E-state index in [4.69, 9.17) is 4.74 Å². The molecule has 0 aromatic heterocycles. The molecule has 0 unspecified atom stereocenters. The standard InChI is InChI=1S/C21H27FN2O4/c22-16-4-6-17(7-5-16)28-19-10-15-12-24(11-14(15)9-18(19)25)21(27)13-23-8-2-1-3-20(23)26/h4-7,14-15,18-19,25H,1-3,8-13H2/t14-,15+,18+,19+/m0/s1. The quantitative estimate of drug-likeness (QED) is 0.851. The molecule has 1 aliphatic carbocycles. The second-order valence-electron chi connectivity index (χ2n) is 8.24. The van der Waals surface area contributed by atoms with E-state index in [1.165, 1.54) is 12.1 Å². The second-order valence-corrected chi connectivity index (χ2v) is 8.24. The molecule has 2 amide bonds. The summed E-state index contributed by atoms with van der Waals surface area (Å²) < 4.78 is 19.0. The minimum Gasteiger partial charge on any atom is -0.488 e. The van der Waals surface area contributed by atoms with Crippen LogP contribution in [-0.2, 0) is 9.59 Å². The maximum Gasteiger partial charge on any atom is 0.242 e. The SMILES string of the molecule is O=C1CCCCN1CC(=O)N1C[C@H]2C[C@@H](Oc3ccc(F)cc3)[C@H](O)C[C@H]2C1. The van der Waals surface area contributed by atoms with Gasteiger partial charge < -0.3 is 19.6 Å². The molecule has 2 aliphatic heterocycles. The molecule has 2 saturated heterocycles. The zero-order chi connectivity index (χ0) is 19.7. The van der Waals surface area contributed by atoms with Gasteiger partial charge in [-0.2, -0.15) is 0 Å².